The third-order valence-corrected chi connectivity index (χ3v) is 6.24. The minimum Gasteiger partial charge on any atom is -0.495 e. The number of H-pyrrole nitrogens is 1. The molecule has 3 aromatic carbocycles. The number of nitrogens with zero attached hydrogens (tertiary/aromatic N) is 1. The van der Waals surface area contributed by atoms with Crippen LogP contribution in [0.3, 0.4) is 0 Å². The number of hydrogen-bond acceptors (Lipinski definition) is 5. The van der Waals surface area contributed by atoms with E-state index in [0.29, 0.717) is 35.3 Å². The zero-order valence-electron chi connectivity index (χ0n) is 19.5. The topological polar surface area (TPSA) is 75.8 Å². The van der Waals surface area contributed by atoms with E-state index in [2.05, 4.69) is 16.4 Å². The third kappa shape index (κ3) is 4.93. The molecule has 0 aliphatic carbocycles. The van der Waals surface area contributed by atoms with Crippen LogP contribution < -0.4 is 25.1 Å². The molecule has 2 N–H and O–H groups in total. The Hall–Kier alpha value is -4.04. The van der Waals surface area contributed by atoms with Gasteiger partial charge < -0.3 is 29.4 Å². The summed E-state index contributed by atoms with van der Waals surface area (Å²) in [4.78, 5) is 17.9. The number of thiocarbonyl (C=S) groups is 1. The fraction of sp³-hybridized carbons (Fsp3) is 0.185. The maximum atomic E-state index is 12.9. The van der Waals surface area contributed by atoms with Gasteiger partial charge in [0.15, 0.2) is 16.6 Å². The Morgan fingerprint density at radius 3 is 2.74 bits per heavy atom. The lowest BCUT2D eigenvalue weighted by atomic mass is 10.1. The first kappa shape index (κ1) is 22.7. The van der Waals surface area contributed by atoms with Crippen LogP contribution in [-0.2, 0) is 13.1 Å². The predicted octanol–water partition coefficient (Wildman–Crippen LogP) is 4.97. The molecule has 0 radical (unpaired) electrons. The molecule has 0 saturated carbocycles. The van der Waals surface area contributed by atoms with Crippen molar-refractivity contribution in [2.45, 2.75) is 20.0 Å². The van der Waals surface area contributed by atoms with Crippen LogP contribution >= 0.6 is 12.2 Å². The van der Waals surface area contributed by atoms with Crippen molar-refractivity contribution in [2.24, 2.45) is 0 Å². The van der Waals surface area contributed by atoms with Gasteiger partial charge in [0.25, 0.3) is 5.56 Å². The molecular formula is C27H25N3O4S. The van der Waals surface area contributed by atoms with Crippen LogP contribution in [0.15, 0.2) is 71.5 Å². The summed E-state index contributed by atoms with van der Waals surface area (Å²) in [6.07, 6.45) is 0. The highest BCUT2D eigenvalue weighted by atomic mass is 32.1. The van der Waals surface area contributed by atoms with Gasteiger partial charge in [-0.05, 0) is 72.6 Å². The van der Waals surface area contributed by atoms with Gasteiger partial charge in [0.1, 0.15) is 5.75 Å². The van der Waals surface area contributed by atoms with E-state index >= 15 is 0 Å². The molecule has 0 unspecified atom stereocenters. The van der Waals surface area contributed by atoms with E-state index in [1.54, 1.807) is 7.11 Å². The summed E-state index contributed by atoms with van der Waals surface area (Å²) in [6.45, 7) is 3.02. The molecule has 0 spiro atoms. The second-order valence-corrected chi connectivity index (χ2v) is 8.78. The Labute approximate surface area is 208 Å². The number of fused-ring (bicyclic) bond motifs is 2. The van der Waals surface area contributed by atoms with Crippen molar-refractivity contribution < 1.29 is 14.2 Å². The molecule has 8 heteroatoms. The molecular weight excluding hydrogens is 462 g/mol. The Balaban J connectivity index is 1.48. The first-order valence-corrected chi connectivity index (χ1v) is 11.6. The van der Waals surface area contributed by atoms with Crippen molar-refractivity contribution in [3.05, 3.63) is 93.8 Å². The number of anilines is 1. The Kier molecular flexibility index (Phi) is 6.29. The van der Waals surface area contributed by atoms with Gasteiger partial charge in [-0.3, -0.25) is 4.79 Å². The van der Waals surface area contributed by atoms with Gasteiger partial charge in [-0.25, -0.2) is 0 Å². The molecule has 5 rings (SSSR count). The van der Waals surface area contributed by atoms with Gasteiger partial charge in [0.2, 0.25) is 6.79 Å². The molecule has 1 aliphatic heterocycles. The van der Waals surface area contributed by atoms with Crippen molar-refractivity contribution in [3.8, 4) is 17.2 Å². The van der Waals surface area contributed by atoms with Gasteiger partial charge in [0.05, 0.1) is 19.3 Å². The van der Waals surface area contributed by atoms with Crippen LogP contribution in [0.25, 0.3) is 10.9 Å². The molecule has 1 aromatic heterocycles. The van der Waals surface area contributed by atoms with E-state index in [1.165, 1.54) is 0 Å². The lowest BCUT2D eigenvalue weighted by molar-refractivity contribution is 0.174. The number of benzene rings is 3. The average Bonchev–Trinajstić information content (AvgIpc) is 3.32. The summed E-state index contributed by atoms with van der Waals surface area (Å²) in [5.74, 6) is 2.10. The van der Waals surface area contributed by atoms with Crippen LogP contribution in [-0.4, -0.2) is 28.9 Å². The number of para-hydroxylation sites is 2. The second kappa shape index (κ2) is 9.68. The third-order valence-electron chi connectivity index (χ3n) is 5.88. The molecule has 0 amide bonds. The zero-order chi connectivity index (χ0) is 24.4. The van der Waals surface area contributed by atoms with E-state index in [4.69, 9.17) is 26.4 Å². The highest BCUT2D eigenvalue weighted by Gasteiger charge is 2.18. The summed E-state index contributed by atoms with van der Waals surface area (Å²) in [6, 6.07) is 21.3. The van der Waals surface area contributed by atoms with Crippen LogP contribution in [0, 0.1) is 6.92 Å². The average molecular weight is 488 g/mol. The summed E-state index contributed by atoms with van der Waals surface area (Å²) in [7, 11) is 1.62. The van der Waals surface area contributed by atoms with Gasteiger partial charge in [-0.1, -0.05) is 29.8 Å². The smallest absolute Gasteiger partial charge is 0.253 e. The first-order chi connectivity index (χ1) is 17.0. The van der Waals surface area contributed by atoms with Crippen LogP contribution in [0.2, 0.25) is 0 Å². The summed E-state index contributed by atoms with van der Waals surface area (Å²) < 4.78 is 16.4. The number of aryl methyl sites for hydroxylation is 1. The molecule has 1 aliphatic rings. The number of nitrogens with one attached hydrogen (secondary N) is 2. The largest absolute Gasteiger partial charge is 0.495 e. The van der Waals surface area contributed by atoms with Crippen molar-refractivity contribution in [1.29, 1.82) is 0 Å². The standard InChI is InChI=1S/C27H25N3O4S/c1-17-7-9-21-19(11-17)13-20(26(31)28-21)15-30(14-18-8-10-24-25(12-18)34-16-33-24)27(35)29-22-5-3-4-6-23(22)32-2/h3-13H,14-16H2,1-2H3,(H,28,31)(H,29,35). The fourth-order valence-corrected chi connectivity index (χ4v) is 4.33. The quantitative estimate of drug-likeness (QED) is 0.372. The monoisotopic (exact) mass is 487 g/mol. The van der Waals surface area contributed by atoms with E-state index in [0.717, 1.165) is 33.5 Å². The molecule has 7 nitrogen and oxygen atoms in total. The van der Waals surface area contributed by atoms with Gasteiger partial charge >= 0.3 is 0 Å². The van der Waals surface area contributed by atoms with Crippen LogP contribution in [0.5, 0.6) is 17.2 Å². The van der Waals surface area contributed by atoms with Crippen molar-refractivity contribution in [1.82, 2.24) is 9.88 Å². The lowest BCUT2D eigenvalue weighted by Gasteiger charge is -2.26. The van der Waals surface area contributed by atoms with Crippen molar-refractivity contribution >= 4 is 33.9 Å². The highest BCUT2D eigenvalue weighted by Crippen LogP contribution is 2.33. The Morgan fingerprint density at radius 1 is 1.06 bits per heavy atom. The number of methoxy groups -OCH3 is 1. The lowest BCUT2D eigenvalue weighted by Crippen LogP contribution is -2.35. The molecule has 178 valence electrons. The minimum absolute atomic E-state index is 0.142. The molecule has 2 heterocycles. The summed E-state index contributed by atoms with van der Waals surface area (Å²) in [5, 5.41) is 4.73. The van der Waals surface area contributed by atoms with Crippen molar-refractivity contribution in [2.75, 3.05) is 19.2 Å². The molecule has 0 atom stereocenters. The van der Waals surface area contributed by atoms with Crippen LogP contribution in [0.4, 0.5) is 5.69 Å². The summed E-state index contributed by atoms with van der Waals surface area (Å²) >= 11 is 5.81. The number of hydrogen-bond donors (Lipinski definition) is 2. The summed E-state index contributed by atoms with van der Waals surface area (Å²) in [5.41, 5.74) is 4.14. The van der Waals surface area contributed by atoms with E-state index in [9.17, 15) is 4.79 Å². The van der Waals surface area contributed by atoms with E-state index in [-0.39, 0.29) is 12.4 Å². The van der Waals surface area contributed by atoms with E-state index < -0.39 is 0 Å². The number of pyridine rings is 1. The number of rotatable bonds is 6. The second-order valence-electron chi connectivity index (χ2n) is 8.39. The van der Waals surface area contributed by atoms with Gasteiger partial charge in [-0.2, -0.15) is 0 Å². The fourth-order valence-electron chi connectivity index (χ4n) is 4.10. The van der Waals surface area contributed by atoms with E-state index in [1.807, 2.05) is 72.5 Å². The minimum atomic E-state index is -0.142. The number of aromatic nitrogens is 1. The number of aromatic amines is 1. The van der Waals surface area contributed by atoms with Crippen LogP contribution in [0.1, 0.15) is 16.7 Å². The zero-order valence-corrected chi connectivity index (χ0v) is 20.3. The predicted molar refractivity (Wildman–Crippen MR) is 140 cm³/mol. The molecule has 0 bridgehead atoms. The highest BCUT2D eigenvalue weighted by molar-refractivity contribution is 7.80. The number of ether oxygens (including phenoxy) is 3. The first-order valence-electron chi connectivity index (χ1n) is 11.2. The maximum Gasteiger partial charge on any atom is 0.253 e. The molecule has 4 aromatic rings. The Bertz CT molecular complexity index is 1470. The molecule has 0 saturated heterocycles. The van der Waals surface area contributed by atoms with Gasteiger partial charge in [-0.15, -0.1) is 0 Å². The van der Waals surface area contributed by atoms with Crippen molar-refractivity contribution in [3.63, 3.8) is 0 Å². The maximum absolute atomic E-state index is 12.9. The molecule has 35 heavy (non-hydrogen) atoms. The normalized spacial score (nSPS) is 11.9. The van der Waals surface area contributed by atoms with Gasteiger partial charge in [0, 0.05) is 17.6 Å². The Morgan fingerprint density at radius 2 is 1.89 bits per heavy atom. The SMILES string of the molecule is COc1ccccc1NC(=S)N(Cc1ccc2c(c1)OCO2)Cc1cc2cc(C)ccc2[nH]c1=O. The molecule has 0 fully saturated rings.